The van der Waals surface area contributed by atoms with Crippen molar-refractivity contribution in [2.45, 2.75) is 0 Å². The summed E-state index contributed by atoms with van der Waals surface area (Å²) in [5, 5.41) is 8.25. The lowest BCUT2D eigenvalue weighted by molar-refractivity contribution is 0.669. The van der Waals surface area contributed by atoms with Gasteiger partial charge in [0, 0.05) is 52.2 Å². The van der Waals surface area contributed by atoms with E-state index in [0.29, 0.717) is 5.82 Å². The first-order valence-electron chi connectivity index (χ1n) is 16.3. The van der Waals surface area contributed by atoms with Crippen molar-refractivity contribution >= 4 is 95.9 Å². The van der Waals surface area contributed by atoms with Gasteiger partial charge in [0.05, 0.1) is 15.9 Å². The SMILES string of the molecule is c1ccc2cc(-c3ccc4c(c3)oc3cccc(-c5nc(-c6ccc7sc8ccccc8c7c6)c6sc7ccccc7c6n5)c34)ccc2c1. The number of nitrogens with zero attached hydrogens (tertiary/aromatic N) is 2. The second-order valence-corrected chi connectivity index (χ2v) is 14.7. The van der Waals surface area contributed by atoms with Crippen LogP contribution in [0.25, 0.3) is 107 Å². The van der Waals surface area contributed by atoms with Crippen LogP contribution in [0, 0.1) is 0 Å². The van der Waals surface area contributed by atoms with E-state index >= 15 is 0 Å². The molecule has 0 aliphatic heterocycles. The van der Waals surface area contributed by atoms with Crippen LogP contribution < -0.4 is 0 Å². The minimum Gasteiger partial charge on any atom is -0.456 e. The average molecular weight is 661 g/mol. The molecule has 0 spiro atoms. The second-order valence-electron chi connectivity index (χ2n) is 12.5. The van der Waals surface area contributed by atoms with Gasteiger partial charge in [0.2, 0.25) is 0 Å². The van der Waals surface area contributed by atoms with E-state index in [2.05, 4.69) is 133 Å². The monoisotopic (exact) mass is 660 g/mol. The highest BCUT2D eigenvalue weighted by atomic mass is 32.1. The molecule has 0 bridgehead atoms. The molecular formula is C44H24N2OS2. The number of aromatic nitrogens is 2. The normalized spacial score (nSPS) is 12.1. The Hall–Kier alpha value is -5.88. The number of thiophene rings is 2. The van der Waals surface area contributed by atoms with E-state index in [1.54, 1.807) is 11.3 Å². The maximum absolute atomic E-state index is 6.55. The molecule has 4 heterocycles. The van der Waals surface area contributed by atoms with Crippen LogP contribution in [-0.2, 0) is 0 Å². The summed E-state index contributed by atoms with van der Waals surface area (Å²) >= 11 is 3.60. The van der Waals surface area contributed by atoms with Crippen LogP contribution in [0.1, 0.15) is 0 Å². The Labute approximate surface area is 288 Å². The molecule has 0 radical (unpaired) electrons. The molecule has 0 saturated carbocycles. The number of benzene rings is 7. The van der Waals surface area contributed by atoms with Crippen LogP contribution in [0.3, 0.4) is 0 Å². The molecule has 3 nitrogen and oxygen atoms in total. The third-order valence-corrected chi connectivity index (χ3v) is 12.0. The summed E-state index contributed by atoms with van der Waals surface area (Å²) in [4.78, 5) is 10.7. The molecule has 4 aromatic heterocycles. The van der Waals surface area contributed by atoms with Gasteiger partial charge in [0.25, 0.3) is 0 Å². The van der Waals surface area contributed by atoms with E-state index in [9.17, 15) is 0 Å². The second kappa shape index (κ2) is 10.3. The standard InChI is InChI=1S/C44H24N2OS2/c1-2-9-26-22-27(17-16-25(26)8-1)28-18-20-31-36(24-28)47-35-13-7-12-33(40(31)35)44-45-41(43-42(46-44)32-11-4-6-15-38(32)49-43)29-19-21-39-34(23-29)30-10-3-5-14-37(30)48-39/h1-24H. The first kappa shape index (κ1) is 27.1. The third-order valence-electron chi connectivity index (χ3n) is 9.69. The maximum atomic E-state index is 6.55. The van der Waals surface area contributed by atoms with E-state index in [4.69, 9.17) is 14.4 Å². The molecule has 0 fully saturated rings. The van der Waals surface area contributed by atoms with Crippen LogP contribution >= 0.6 is 22.7 Å². The summed E-state index contributed by atoms with van der Waals surface area (Å²) in [5.41, 5.74) is 7.98. The smallest absolute Gasteiger partial charge is 0.161 e. The van der Waals surface area contributed by atoms with Gasteiger partial charge in [0.15, 0.2) is 5.82 Å². The zero-order valence-corrected chi connectivity index (χ0v) is 27.6. The lowest BCUT2D eigenvalue weighted by Crippen LogP contribution is -1.94. The van der Waals surface area contributed by atoms with Crippen molar-refractivity contribution in [3.8, 4) is 33.8 Å². The van der Waals surface area contributed by atoms with Crippen molar-refractivity contribution in [2.75, 3.05) is 0 Å². The lowest BCUT2D eigenvalue weighted by atomic mass is 9.99. The van der Waals surface area contributed by atoms with Gasteiger partial charge in [-0.1, -0.05) is 97.1 Å². The Kier molecular flexibility index (Phi) is 5.70. The average Bonchev–Trinajstić information content (AvgIpc) is 3.85. The maximum Gasteiger partial charge on any atom is 0.161 e. The molecule has 0 aliphatic rings. The fraction of sp³-hybridized carbons (Fsp3) is 0. The van der Waals surface area contributed by atoms with Gasteiger partial charge in [-0.15, -0.1) is 22.7 Å². The van der Waals surface area contributed by atoms with Crippen molar-refractivity contribution in [1.29, 1.82) is 0 Å². The molecule has 11 aromatic rings. The number of rotatable bonds is 3. The molecule has 0 N–H and O–H groups in total. The highest BCUT2D eigenvalue weighted by Crippen LogP contribution is 2.44. The Morgan fingerprint density at radius 2 is 1.18 bits per heavy atom. The third kappa shape index (κ3) is 4.13. The predicted octanol–water partition coefficient (Wildman–Crippen LogP) is 13.3. The molecular weight excluding hydrogens is 637 g/mol. The minimum atomic E-state index is 0.702. The molecule has 0 unspecified atom stereocenters. The summed E-state index contributed by atoms with van der Waals surface area (Å²) in [6.45, 7) is 0. The Balaban J connectivity index is 1.14. The van der Waals surface area contributed by atoms with Crippen molar-refractivity contribution in [3.05, 3.63) is 146 Å². The van der Waals surface area contributed by atoms with Crippen molar-refractivity contribution in [2.24, 2.45) is 0 Å². The van der Waals surface area contributed by atoms with Crippen LogP contribution in [0.2, 0.25) is 0 Å². The number of fused-ring (bicyclic) bond motifs is 10. The minimum absolute atomic E-state index is 0.702. The first-order chi connectivity index (χ1) is 24.2. The topological polar surface area (TPSA) is 38.9 Å². The zero-order valence-electron chi connectivity index (χ0n) is 26.0. The Bertz CT molecular complexity index is 3130. The molecule has 7 aromatic carbocycles. The largest absolute Gasteiger partial charge is 0.456 e. The molecule has 11 rings (SSSR count). The van der Waals surface area contributed by atoms with Crippen molar-refractivity contribution < 1.29 is 4.42 Å². The van der Waals surface area contributed by atoms with Gasteiger partial charge in [-0.3, -0.25) is 0 Å². The lowest BCUT2D eigenvalue weighted by Gasteiger charge is -2.09. The summed E-state index contributed by atoms with van der Waals surface area (Å²) in [6, 6.07) is 51.8. The first-order valence-corrected chi connectivity index (χ1v) is 17.9. The summed E-state index contributed by atoms with van der Waals surface area (Å²) in [5.74, 6) is 0.702. The zero-order chi connectivity index (χ0) is 32.1. The predicted molar refractivity (Wildman–Crippen MR) is 209 cm³/mol. The van der Waals surface area contributed by atoms with Gasteiger partial charge in [-0.25, -0.2) is 9.97 Å². The molecule has 5 heteroatoms. The fourth-order valence-electron chi connectivity index (χ4n) is 7.34. The fourth-order valence-corrected chi connectivity index (χ4v) is 9.58. The highest BCUT2D eigenvalue weighted by molar-refractivity contribution is 7.26. The highest BCUT2D eigenvalue weighted by Gasteiger charge is 2.20. The van der Waals surface area contributed by atoms with E-state index < -0.39 is 0 Å². The van der Waals surface area contributed by atoms with Gasteiger partial charge in [0.1, 0.15) is 11.2 Å². The van der Waals surface area contributed by atoms with Crippen molar-refractivity contribution in [1.82, 2.24) is 9.97 Å². The molecule has 0 aliphatic carbocycles. The van der Waals surface area contributed by atoms with E-state index in [0.717, 1.165) is 59.9 Å². The number of hydrogen-bond acceptors (Lipinski definition) is 5. The summed E-state index contributed by atoms with van der Waals surface area (Å²) in [7, 11) is 0. The molecule has 0 saturated heterocycles. The number of furan rings is 1. The molecule has 49 heavy (non-hydrogen) atoms. The van der Waals surface area contributed by atoms with E-state index in [-0.39, 0.29) is 0 Å². The van der Waals surface area contributed by atoms with Gasteiger partial charge < -0.3 is 4.42 Å². The Morgan fingerprint density at radius 3 is 2.10 bits per heavy atom. The molecule has 228 valence electrons. The van der Waals surface area contributed by atoms with Crippen LogP contribution in [0.15, 0.2) is 150 Å². The van der Waals surface area contributed by atoms with Crippen LogP contribution in [0.4, 0.5) is 0 Å². The van der Waals surface area contributed by atoms with Crippen LogP contribution in [-0.4, -0.2) is 9.97 Å². The number of hydrogen-bond donors (Lipinski definition) is 0. The van der Waals surface area contributed by atoms with E-state index in [1.807, 2.05) is 23.5 Å². The van der Waals surface area contributed by atoms with Crippen LogP contribution in [0.5, 0.6) is 0 Å². The quantitative estimate of drug-likeness (QED) is 0.189. The summed E-state index contributed by atoms with van der Waals surface area (Å²) < 4.78 is 11.4. The van der Waals surface area contributed by atoms with Gasteiger partial charge >= 0.3 is 0 Å². The molecule has 0 atom stereocenters. The van der Waals surface area contributed by atoms with Gasteiger partial charge in [-0.2, -0.15) is 0 Å². The summed E-state index contributed by atoms with van der Waals surface area (Å²) in [6.07, 6.45) is 0. The van der Waals surface area contributed by atoms with E-state index in [1.165, 1.54) is 41.2 Å². The Morgan fingerprint density at radius 1 is 0.449 bits per heavy atom. The van der Waals surface area contributed by atoms with Gasteiger partial charge in [-0.05, 0) is 70.4 Å². The van der Waals surface area contributed by atoms with Crippen molar-refractivity contribution in [3.63, 3.8) is 0 Å². The molecule has 0 amide bonds.